The second-order valence-electron chi connectivity index (χ2n) is 5.40. The van der Waals surface area contributed by atoms with Gasteiger partial charge in [-0.1, -0.05) is 6.07 Å². The molecule has 1 aromatic carbocycles. The first-order valence-electron chi connectivity index (χ1n) is 6.94. The summed E-state index contributed by atoms with van der Waals surface area (Å²) in [5, 5.41) is 14.8. The quantitative estimate of drug-likeness (QED) is 0.767. The molecule has 0 bridgehead atoms. The standard InChI is InChI=1S/C15H19FN2O3/c1-8-11(16)4-3-5-12(8)17-15(21)13(9(2)19)18-14(20)10-6-7-10/h3-5,9-10,13,19H,6-7H2,1-2H3,(H,17,21)(H,18,20). The second kappa shape index (κ2) is 6.22. The van der Waals surface area contributed by atoms with Crippen molar-refractivity contribution in [3.63, 3.8) is 0 Å². The number of hydrogen-bond acceptors (Lipinski definition) is 3. The molecular formula is C15H19FN2O3. The van der Waals surface area contributed by atoms with Crippen LogP contribution in [0.25, 0.3) is 0 Å². The molecule has 2 rings (SSSR count). The molecule has 2 atom stereocenters. The molecule has 0 spiro atoms. The zero-order chi connectivity index (χ0) is 15.6. The normalized spacial score (nSPS) is 17.0. The molecular weight excluding hydrogens is 275 g/mol. The maximum absolute atomic E-state index is 13.4. The van der Waals surface area contributed by atoms with Crippen molar-refractivity contribution >= 4 is 17.5 Å². The van der Waals surface area contributed by atoms with Crippen LogP contribution >= 0.6 is 0 Å². The fraction of sp³-hybridized carbons (Fsp3) is 0.467. The van der Waals surface area contributed by atoms with Gasteiger partial charge in [-0.15, -0.1) is 0 Å². The van der Waals surface area contributed by atoms with E-state index in [1.807, 2.05) is 0 Å². The maximum Gasteiger partial charge on any atom is 0.249 e. The predicted molar refractivity (Wildman–Crippen MR) is 76.1 cm³/mol. The van der Waals surface area contributed by atoms with Crippen molar-refractivity contribution in [3.05, 3.63) is 29.6 Å². The van der Waals surface area contributed by atoms with Gasteiger partial charge in [0.2, 0.25) is 11.8 Å². The van der Waals surface area contributed by atoms with Gasteiger partial charge in [0.15, 0.2) is 0 Å². The number of halogens is 1. The molecule has 1 aliphatic carbocycles. The Bertz CT molecular complexity index is 556. The van der Waals surface area contributed by atoms with E-state index in [1.165, 1.54) is 19.1 Å². The average Bonchev–Trinajstić information content (AvgIpc) is 3.25. The van der Waals surface area contributed by atoms with Gasteiger partial charge >= 0.3 is 0 Å². The Morgan fingerprint density at radius 1 is 1.38 bits per heavy atom. The number of nitrogens with one attached hydrogen (secondary N) is 2. The van der Waals surface area contributed by atoms with Crippen LogP contribution in [0.15, 0.2) is 18.2 Å². The van der Waals surface area contributed by atoms with Crippen LogP contribution in [-0.2, 0) is 9.59 Å². The highest BCUT2D eigenvalue weighted by atomic mass is 19.1. The summed E-state index contributed by atoms with van der Waals surface area (Å²) in [7, 11) is 0. The first-order valence-corrected chi connectivity index (χ1v) is 6.94. The SMILES string of the molecule is Cc1c(F)cccc1NC(=O)C(NC(=O)C1CC1)C(C)O. The maximum atomic E-state index is 13.4. The summed E-state index contributed by atoms with van der Waals surface area (Å²) in [5.74, 6) is -1.28. The summed E-state index contributed by atoms with van der Waals surface area (Å²) >= 11 is 0. The number of benzene rings is 1. The monoisotopic (exact) mass is 294 g/mol. The summed E-state index contributed by atoms with van der Waals surface area (Å²) in [4.78, 5) is 23.9. The third kappa shape index (κ3) is 3.78. The first-order chi connectivity index (χ1) is 9.90. The third-order valence-corrected chi connectivity index (χ3v) is 3.54. The minimum Gasteiger partial charge on any atom is -0.391 e. The van der Waals surface area contributed by atoms with Gasteiger partial charge in [0, 0.05) is 17.2 Å². The predicted octanol–water partition coefficient (Wildman–Crippen LogP) is 1.35. The van der Waals surface area contributed by atoms with Crippen LogP contribution in [0.2, 0.25) is 0 Å². The Balaban J connectivity index is 2.07. The summed E-state index contributed by atoms with van der Waals surface area (Å²) in [6.45, 7) is 2.97. The molecule has 1 aliphatic rings. The van der Waals surface area contributed by atoms with Gasteiger partial charge in [0.1, 0.15) is 11.9 Å². The summed E-state index contributed by atoms with van der Waals surface area (Å²) in [6.07, 6.45) is 0.577. The fourth-order valence-electron chi connectivity index (χ4n) is 1.98. The Morgan fingerprint density at radius 2 is 2.05 bits per heavy atom. The van der Waals surface area contributed by atoms with Crippen molar-refractivity contribution in [1.82, 2.24) is 5.32 Å². The van der Waals surface area contributed by atoms with Crippen LogP contribution in [-0.4, -0.2) is 29.1 Å². The number of carbonyl (C=O) groups excluding carboxylic acids is 2. The van der Waals surface area contributed by atoms with Gasteiger partial charge < -0.3 is 15.7 Å². The van der Waals surface area contributed by atoms with Crippen molar-refractivity contribution in [1.29, 1.82) is 0 Å². The Kier molecular flexibility index (Phi) is 4.57. The molecule has 3 N–H and O–H groups in total. The van der Waals surface area contributed by atoms with Crippen LogP contribution < -0.4 is 10.6 Å². The first kappa shape index (κ1) is 15.4. The molecule has 0 aliphatic heterocycles. The number of carbonyl (C=O) groups is 2. The van der Waals surface area contributed by atoms with Gasteiger partial charge in [-0.05, 0) is 38.8 Å². The highest BCUT2D eigenvalue weighted by Gasteiger charge is 2.34. The Morgan fingerprint density at radius 3 is 2.62 bits per heavy atom. The zero-order valence-corrected chi connectivity index (χ0v) is 12.0. The van der Waals surface area contributed by atoms with Crippen molar-refractivity contribution < 1.29 is 19.1 Å². The highest BCUT2D eigenvalue weighted by molar-refractivity contribution is 5.98. The molecule has 0 radical (unpaired) electrons. The number of aliphatic hydroxyl groups is 1. The van der Waals surface area contributed by atoms with Crippen molar-refractivity contribution in [2.24, 2.45) is 5.92 Å². The molecule has 2 amide bonds. The Hall–Kier alpha value is -1.95. The third-order valence-electron chi connectivity index (χ3n) is 3.54. The molecule has 0 heterocycles. The Labute approximate surface area is 122 Å². The van der Waals surface area contributed by atoms with E-state index in [4.69, 9.17) is 0 Å². The van der Waals surface area contributed by atoms with Gasteiger partial charge in [0.05, 0.1) is 6.10 Å². The largest absolute Gasteiger partial charge is 0.391 e. The molecule has 0 aromatic heterocycles. The minimum atomic E-state index is -1.05. The van der Waals surface area contributed by atoms with E-state index in [2.05, 4.69) is 10.6 Å². The second-order valence-corrected chi connectivity index (χ2v) is 5.40. The topological polar surface area (TPSA) is 78.4 Å². The van der Waals surface area contributed by atoms with E-state index in [0.29, 0.717) is 11.3 Å². The molecule has 21 heavy (non-hydrogen) atoms. The van der Waals surface area contributed by atoms with Gasteiger partial charge in [-0.25, -0.2) is 4.39 Å². The van der Waals surface area contributed by atoms with Gasteiger partial charge in [-0.3, -0.25) is 9.59 Å². The molecule has 2 unspecified atom stereocenters. The van der Waals surface area contributed by atoms with Crippen molar-refractivity contribution in [2.45, 2.75) is 38.8 Å². The summed E-state index contributed by atoms with van der Waals surface area (Å²) in [6, 6.07) is 3.29. The lowest BCUT2D eigenvalue weighted by molar-refractivity contribution is -0.129. The molecule has 114 valence electrons. The van der Waals surface area contributed by atoms with Crippen LogP contribution in [0.3, 0.4) is 0 Å². The summed E-state index contributed by atoms with van der Waals surface area (Å²) in [5.41, 5.74) is 0.634. The lowest BCUT2D eigenvalue weighted by atomic mass is 10.1. The van der Waals surface area contributed by atoms with E-state index in [1.54, 1.807) is 13.0 Å². The molecule has 5 nitrogen and oxygen atoms in total. The van der Waals surface area contributed by atoms with E-state index in [0.717, 1.165) is 12.8 Å². The molecule has 6 heteroatoms. The van der Waals surface area contributed by atoms with Gasteiger partial charge in [-0.2, -0.15) is 0 Å². The molecule has 1 fully saturated rings. The molecule has 1 aromatic rings. The van der Waals surface area contributed by atoms with Gasteiger partial charge in [0.25, 0.3) is 0 Å². The van der Waals surface area contributed by atoms with E-state index < -0.39 is 23.9 Å². The molecule has 1 saturated carbocycles. The smallest absolute Gasteiger partial charge is 0.249 e. The lowest BCUT2D eigenvalue weighted by Gasteiger charge is -2.21. The van der Waals surface area contributed by atoms with E-state index in [9.17, 15) is 19.1 Å². The number of aliphatic hydroxyl groups excluding tert-OH is 1. The van der Waals surface area contributed by atoms with Crippen LogP contribution in [0.4, 0.5) is 10.1 Å². The zero-order valence-electron chi connectivity index (χ0n) is 12.0. The lowest BCUT2D eigenvalue weighted by Crippen LogP contribution is -2.50. The van der Waals surface area contributed by atoms with Crippen LogP contribution in [0.5, 0.6) is 0 Å². The van der Waals surface area contributed by atoms with Crippen molar-refractivity contribution in [2.75, 3.05) is 5.32 Å². The number of rotatable bonds is 5. The van der Waals surface area contributed by atoms with E-state index in [-0.39, 0.29) is 11.8 Å². The van der Waals surface area contributed by atoms with Crippen molar-refractivity contribution in [3.8, 4) is 0 Å². The van der Waals surface area contributed by atoms with E-state index >= 15 is 0 Å². The van der Waals surface area contributed by atoms with Crippen LogP contribution in [0.1, 0.15) is 25.3 Å². The minimum absolute atomic E-state index is 0.0602. The number of hydrogen-bond donors (Lipinski definition) is 3. The number of amides is 2. The van der Waals surface area contributed by atoms with Crippen LogP contribution in [0, 0.1) is 18.7 Å². The average molecular weight is 294 g/mol. The fourth-order valence-corrected chi connectivity index (χ4v) is 1.98. The highest BCUT2D eigenvalue weighted by Crippen LogP contribution is 2.29. The molecule has 0 saturated heterocycles. The summed E-state index contributed by atoms with van der Waals surface area (Å²) < 4.78 is 13.4. The number of anilines is 1.